The Hall–Kier alpha value is -1.85. The number of hydrogen-bond donors (Lipinski definition) is 2. The van der Waals surface area contributed by atoms with Gasteiger partial charge in [0.15, 0.2) is 0 Å². The number of benzene rings is 1. The Balaban J connectivity index is 2.72. The molecule has 1 aromatic rings. The molecule has 5 heteroatoms. The van der Waals surface area contributed by atoms with E-state index < -0.39 is 0 Å². The highest BCUT2D eigenvalue weighted by atomic mass is 16.5. The zero-order chi connectivity index (χ0) is 14.1. The van der Waals surface area contributed by atoms with Crippen molar-refractivity contribution in [2.24, 2.45) is 0 Å². The number of nitrogens with zero attached hydrogens (tertiary/aromatic N) is 1. The van der Waals surface area contributed by atoms with Crippen molar-refractivity contribution >= 4 is 5.91 Å². The van der Waals surface area contributed by atoms with Gasteiger partial charge in [-0.1, -0.05) is 12.7 Å². The molecule has 0 saturated heterocycles. The van der Waals surface area contributed by atoms with Gasteiger partial charge >= 0.3 is 0 Å². The summed E-state index contributed by atoms with van der Waals surface area (Å²) in [6.07, 6.45) is 1.64. The van der Waals surface area contributed by atoms with Crippen molar-refractivity contribution in [3.63, 3.8) is 0 Å². The molecular weight excluding hydrogens is 246 g/mol. The third-order valence-corrected chi connectivity index (χ3v) is 2.50. The van der Waals surface area contributed by atoms with Crippen LogP contribution in [-0.2, 0) is 0 Å². The number of carbonyl (C=O) groups excluding carboxylic acids is 1. The first kappa shape index (κ1) is 15.2. The van der Waals surface area contributed by atoms with Crippen molar-refractivity contribution < 1.29 is 19.7 Å². The van der Waals surface area contributed by atoms with Crippen LogP contribution in [0.25, 0.3) is 0 Å². The maximum Gasteiger partial charge on any atom is 0.254 e. The molecule has 0 atom stereocenters. The van der Waals surface area contributed by atoms with Crippen LogP contribution >= 0.6 is 0 Å². The lowest BCUT2D eigenvalue weighted by Gasteiger charge is -2.20. The monoisotopic (exact) mass is 265 g/mol. The van der Waals surface area contributed by atoms with Gasteiger partial charge < -0.3 is 19.8 Å². The van der Waals surface area contributed by atoms with Crippen molar-refractivity contribution in [2.45, 2.75) is 0 Å². The number of rotatable bonds is 8. The molecule has 1 rings (SSSR count). The molecule has 0 unspecified atom stereocenters. The van der Waals surface area contributed by atoms with Gasteiger partial charge in [-0.15, -0.1) is 0 Å². The fraction of sp³-hybridized carbons (Fsp3) is 0.357. The van der Waals surface area contributed by atoms with E-state index in [2.05, 4.69) is 6.58 Å². The van der Waals surface area contributed by atoms with E-state index in [1.165, 1.54) is 4.90 Å². The number of carbonyl (C=O) groups is 1. The van der Waals surface area contributed by atoms with E-state index in [1.807, 2.05) is 0 Å². The molecule has 19 heavy (non-hydrogen) atoms. The molecular formula is C14H19NO4. The molecule has 104 valence electrons. The molecule has 5 nitrogen and oxygen atoms in total. The molecule has 0 bridgehead atoms. The number of aliphatic hydroxyl groups excluding tert-OH is 2. The molecule has 1 amide bonds. The van der Waals surface area contributed by atoms with Crippen LogP contribution in [0, 0.1) is 0 Å². The van der Waals surface area contributed by atoms with Crippen LogP contribution in [0.15, 0.2) is 36.9 Å². The highest BCUT2D eigenvalue weighted by molar-refractivity contribution is 5.94. The van der Waals surface area contributed by atoms with Crippen LogP contribution in [0.5, 0.6) is 5.75 Å². The van der Waals surface area contributed by atoms with E-state index >= 15 is 0 Å². The average molecular weight is 265 g/mol. The van der Waals surface area contributed by atoms with E-state index in [-0.39, 0.29) is 32.2 Å². The predicted molar refractivity (Wildman–Crippen MR) is 72.2 cm³/mol. The van der Waals surface area contributed by atoms with E-state index in [4.69, 9.17) is 14.9 Å². The lowest BCUT2D eigenvalue weighted by Crippen LogP contribution is -2.35. The second-order valence-corrected chi connectivity index (χ2v) is 3.86. The molecule has 0 heterocycles. The first-order valence-electron chi connectivity index (χ1n) is 6.07. The normalized spacial score (nSPS) is 10.0. The molecule has 2 N–H and O–H groups in total. The molecule has 0 aromatic heterocycles. The van der Waals surface area contributed by atoms with Gasteiger partial charge in [-0.3, -0.25) is 4.79 Å². The fourth-order valence-corrected chi connectivity index (χ4v) is 1.59. The molecule has 0 aliphatic rings. The summed E-state index contributed by atoms with van der Waals surface area (Å²) in [5.41, 5.74) is 0.493. The standard InChI is InChI=1S/C14H19NO4/c1-2-11-19-13-5-3-12(4-6-13)14(18)15(7-9-16)8-10-17/h2-6,16-17H,1,7-11H2. The third kappa shape index (κ3) is 4.73. The lowest BCUT2D eigenvalue weighted by molar-refractivity contribution is 0.0685. The summed E-state index contributed by atoms with van der Waals surface area (Å²) in [5.74, 6) is 0.436. The van der Waals surface area contributed by atoms with Gasteiger partial charge in [0.1, 0.15) is 12.4 Å². The van der Waals surface area contributed by atoms with Crippen LogP contribution in [0.2, 0.25) is 0 Å². The van der Waals surface area contributed by atoms with Crippen molar-refractivity contribution in [1.29, 1.82) is 0 Å². The lowest BCUT2D eigenvalue weighted by atomic mass is 10.2. The van der Waals surface area contributed by atoms with Gasteiger partial charge in [0.2, 0.25) is 0 Å². The Kier molecular flexibility index (Phi) is 6.63. The predicted octanol–water partition coefficient (Wildman–Crippen LogP) is 0.678. The fourth-order valence-electron chi connectivity index (χ4n) is 1.59. The minimum atomic E-state index is -0.224. The molecule has 0 aliphatic heterocycles. The minimum Gasteiger partial charge on any atom is -0.490 e. The molecule has 0 saturated carbocycles. The van der Waals surface area contributed by atoms with Gasteiger partial charge in [-0.05, 0) is 24.3 Å². The summed E-state index contributed by atoms with van der Waals surface area (Å²) < 4.78 is 5.32. The quantitative estimate of drug-likeness (QED) is 0.678. The van der Waals surface area contributed by atoms with E-state index in [1.54, 1.807) is 30.3 Å². The maximum atomic E-state index is 12.1. The molecule has 1 aromatic carbocycles. The van der Waals surface area contributed by atoms with Crippen molar-refractivity contribution in [1.82, 2.24) is 4.90 Å². The Morgan fingerprint density at radius 1 is 1.21 bits per heavy atom. The summed E-state index contributed by atoms with van der Waals surface area (Å²) in [6.45, 7) is 4.10. The van der Waals surface area contributed by atoms with E-state index in [9.17, 15) is 4.79 Å². The highest BCUT2D eigenvalue weighted by Crippen LogP contribution is 2.13. The second kappa shape index (κ2) is 8.29. The maximum absolute atomic E-state index is 12.1. The largest absolute Gasteiger partial charge is 0.490 e. The van der Waals surface area contributed by atoms with Crippen LogP contribution < -0.4 is 4.74 Å². The topological polar surface area (TPSA) is 70.0 Å². The summed E-state index contributed by atoms with van der Waals surface area (Å²) >= 11 is 0. The van der Waals surface area contributed by atoms with E-state index in [0.717, 1.165) is 0 Å². The van der Waals surface area contributed by atoms with Gasteiger partial charge in [-0.25, -0.2) is 0 Å². The molecule has 0 fully saturated rings. The Morgan fingerprint density at radius 2 is 1.79 bits per heavy atom. The number of hydrogen-bond acceptors (Lipinski definition) is 4. The smallest absolute Gasteiger partial charge is 0.254 e. The first-order chi connectivity index (χ1) is 9.22. The second-order valence-electron chi connectivity index (χ2n) is 3.86. The average Bonchev–Trinajstić information content (AvgIpc) is 2.44. The van der Waals surface area contributed by atoms with Gasteiger partial charge in [0.05, 0.1) is 13.2 Å². The summed E-state index contributed by atoms with van der Waals surface area (Å²) in [6, 6.07) is 6.71. The zero-order valence-electron chi connectivity index (χ0n) is 10.8. The third-order valence-electron chi connectivity index (χ3n) is 2.50. The summed E-state index contributed by atoms with van der Waals surface area (Å²) in [7, 11) is 0. The Morgan fingerprint density at radius 3 is 2.26 bits per heavy atom. The van der Waals surface area contributed by atoms with Crippen molar-refractivity contribution in [2.75, 3.05) is 32.9 Å². The number of ether oxygens (including phenoxy) is 1. The molecule has 0 radical (unpaired) electrons. The molecule has 0 spiro atoms. The summed E-state index contributed by atoms with van der Waals surface area (Å²) in [5, 5.41) is 17.8. The van der Waals surface area contributed by atoms with Crippen LogP contribution in [0.1, 0.15) is 10.4 Å². The van der Waals surface area contributed by atoms with Gasteiger partial charge in [-0.2, -0.15) is 0 Å². The Bertz CT molecular complexity index is 396. The number of amides is 1. The first-order valence-corrected chi connectivity index (χ1v) is 6.07. The van der Waals surface area contributed by atoms with Crippen LogP contribution in [-0.4, -0.2) is 53.9 Å². The highest BCUT2D eigenvalue weighted by Gasteiger charge is 2.14. The zero-order valence-corrected chi connectivity index (χ0v) is 10.8. The summed E-state index contributed by atoms with van der Waals surface area (Å²) in [4.78, 5) is 13.5. The van der Waals surface area contributed by atoms with Crippen LogP contribution in [0.4, 0.5) is 0 Å². The van der Waals surface area contributed by atoms with Crippen molar-refractivity contribution in [3.8, 4) is 5.75 Å². The minimum absolute atomic E-state index is 0.133. The van der Waals surface area contributed by atoms with Crippen molar-refractivity contribution in [3.05, 3.63) is 42.5 Å². The van der Waals surface area contributed by atoms with Gasteiger partial charge in [0.25, 0.3) is 5.91 Å². The molecule has 0 aliphatic carbocycles. The number of aliphatic hydroxyl groups is 2. The van der Waals surface area contributed by atoms with E-state index in [0.29, 0.717) is 17.9 Å². The van der Waals surface area contributed by atoms with Gasteiger partial charge in [0, 0.05) is 18.7 Å². The van der Waals surface area contributed by atoms with Crippen LogP contribution in [0.3, 0.4) is 0 Å². The SMILES string of the molecule is C=CCOc1ccc(C(=O)N(CCO)CCO)cc1. The Labute approximate surface area is 112 Å².